The molecule has 7 nitrogen and oxygen atoms in total. The van der Waals surface area contributed by atoms with E-state index in [0.717, 1.165) is 6.42 Å². The molecule has 0 saturated carbocycles. The van der Waals surface area contributed by atoms with Crippen LogP contribution in [0.3, 0.4) is 0 Å². The Morgan fingerprint density at radius 3 is 2.22 bits per heavy atom. The average Bonchev–Trinajstić information content (AvgIpc) is 2.76. The van der Waals surface area contributed by atoms with E-state index in [9.17, 15) is 9.59 Å². The lowest BCUT2D eigenvalue weighted by atomic mass is 10.1. The van der Waals surface area contributed by atoms with E-state index in [2.05, 4.69) is 30.0 Å². The summed E-state index contributed by atoms with van der Waals surface area (Å²) in [4.78, 5) is 24.9. The molecular formula is C24H31N3O4S. The van der Waals surface area contributed by atoms with Gasteiger partial charge in [0.05, 0.1) is 18.8 Å². The van der Waals surface area contributed by atoms with Crippen molar-refractivity contribution in [2.24, 2.45) is 11.8 Å². The van der Waals surface area contributed by atoms with E-state index in [1.807, 2.05) is 13.8 Å². The zero-order valence-corrected chi connectivity index (χ0v) is 19.8. The molecule has 0 saturated heterocycles. The van der Waals surface area contributed by atoms with Crippen LogP contribution in [0.25, 0.3) is 0 Å². The van der Waals surface area contributed by atoms with Gasteiger partial charge >= 0.3 is 0 Å². The van der Waals surface area contributed by atoms with Gasteiger partial charge in [0.1, 0.15) is 11.5 Å². The number of carbonyl (C=O) groups excluding carboxylic acids is 2. The van der Waals surface area contributed by atoms with Gasteiger partial charge in [-0.1, -0.05) is 39.8 Å². The Kier molecular flexibility index (Phi) is 9.94. The molecule has 32 heavy (non-hydrogen) atoms. The summed E-state index contributed by atoms with van der Waals surface area (Å²) < 4.78 is 11.3. The van der Waals surface area contributed by atoms with Crippen molar-refractivity contribution < 1.29 is 19.1 Å². The molecular weight excluding hydrogens is 426 g/mol. The van der Waals surface area contributed by atoms with Crippen molar-refractivity contribution in [3.8, 4) is 11.5 Å². The van der Waals surface area contributed by atoms with Gasteiger partial charge in [-0.15, -0.1) is 0 Å². The Bertz CT molecular complexity index is 914. The number of benzene rings is 2. The third kappa shape index (κ3) is 8.55. The molecule has 0 unspecified atom stereocenters. The van der Waals surface area contributed by atoms with Gasteiger partial charge in [0, 0.05) is 5.56 Å². The van der Waals surface area contributed by atoms with E-state index in [4.69, 9.17) is 21.7 Å². The third-order valence-corrected chi connectivity index (χ3v) is 4.51. The number of hydrogen-bond acceptors (Lipinski definition) is 5. The minimum absolute atomic E-state index is 0.0318. The van der Waals surface area contributed by atoms with Gasteiger partial charge in [0.2, 0.25) is 0 Å². The highest BCUT2D eigenvalue weighted by atomic mass is 32.1. The highest BCUT2D eigenvalue weighted by Gasteiger charge is 2.14. The first kappa shape index (κ1) is 25.1. The number of ether oxygens (including phenoxy) is 2. The standard InChI is InChI=1S/C24H31N3O4S/c1-16(2)13-14-30-19-11-9-18(10-12-19)22(28)26-27-24(32)25-23(29)20-7-5-6-8-21(20)31-15-17(3)4/h5-12,16-17H,13-15H2,1-4H3,(H,26,28)(H2,25,27,29,32). The van der Waals surface area contributed by atoms with E-state index < -0.39 is 11.8 Å². The van der Waals surface area contributed by atoms with Gasteiger partial charge in [-0.3, -0.25) is 25.8 Å². The number of rotatable bonds is 9. The van der Waals surface area contributed by atoms with Crippen LogP contribution in [0, 0.1) is 11.8 Å². The van der Waals surface area contributed by atoms with Crippen LogP contribution in [0.4, 0.5) is 0 Å². The second kappa shape index (κ2) is 12.7. The van der Waals surface area contributed by atoms with Crippen LogP contribution in [0.2, 0.25) is 0 Å². The lowest BCUT2D eigenvalue weighted by molar-refractivity contribution is 0.0933. The second-order valence-corrected chi connectivity index (χ2v) is 8.53. The van der Waals surface area contributed by atoms with Crippen molar-refractivity contribution in [1.29, 1.82) is 0 Å². The molecule has 2 amide bonds. The topological polar surface area (TPSA) is 88.7 Å². The SMILES string of the molecule is CC(C)CCOc1ccc(C(=O)NNC(=S)NC(=O)c2ccccc2OCC(C)C)cc1. The average molecular weight is 458 g/mol. The summed E-state index contributed by atoms with van der Waals surface area (Å²) in [6, 6.07) is 13.7. The van der Waals surface area contributed by atoms with Gasteiger partial charge < -0.3 is 9.47 Å². The van der Waals surface area contributed by atoms with Crippen LogP contribution in [0.5, 0.6) is 11.5 Å². The molecule has 0 heterocycles. The van der Waals surface area contributed by atoms with E-state index in [1.165, 1.54) is 0 Å². The highest BCUT2D eigenvalue weighted by Crippen LogP contribution is 2.18. The van der Waals surface area contributed by atoms with Gasteiger partial charge in [-0.05, 0) is 66.9 Å². The van der Waals surface area contributed by atoms with E-state index in [-0.39, 0.29) is 5.11 Å². The van der Waals surface area contributed by atoms with Crippen molar-refractivity contribution in [2.75, 3.05) is 13.2 Å². The molecule has 2 aromatic rings. The first-order valence-corrected chi connectivity index (χ1v) is 11.0. The zero-order chi connectivity index (χ0) is 23.5. The van der Waals surface area contributed by atoms with E-state index in [1.54, 1.807) is 48.5 Å². The van der Waals surface area contributed by atoms with Crippen LogP contribution in [0.15, 0.2) is 48.5 Å². The fraction of sp³-hybridized carbons (Fsp3) is 0.375. The minimum Gasteiger partial charge on any atom is -0.494 e. The molecule has 0 atom stereocenters. The van der Waals surface area contributed by atoms with Crippen molar-refractivity contribution in [2.45, 2.75) is 34.1 Å². The summed E-state index contributed by atoms with van der Waals surface area (Å²) in [6.45, 7) is 9.44. The number of hydrogen-bond donors (Lipinski definition) is 3. The fourth-order valence-electron chi connectivity index (χ4n) is 2.54. The summed E-state index contributed by atoms with van der Waals surface area (Å²) in [7, 11) is 0. The summed E-state index contributed by atoms with van der Waals surface area (Å²) >= 11 is 5.12. The number of nitrogens with one attached hydrogen (secondary N) is 3. The molecule has 2 rings (SSSR count). The van der Waals surface area contributed by atoms with Gasteiger partial charge in [0.15, 0.2) is 5.11 Å². The highest BCUT2D eigenvalue weighted by molar-refractivity contribution is 7.80. The maximum Gasteiger partial charge on any atom is 0.269 e. The van der Waals surface area contributed by atoms with Crippen molar-refractivity contribution in [3.63, 3.8) is 0 Å². The minimum atomic E-state index is -0.431. The molecule has 0 spiro atoms. The Labute approximate surface area is 194 Å². The first-order chi connectivity index (χ1) is 15.3. The molecule has 2 aromatic carbocycles. The molecule has 172 valence electrons. The first-order valence-electron chi connectivity index (χ1n) is 10.6. The molecule has 0 radical (unpaired) electrons. The Morgan fingerprint density at radius 2 is 1.56 bits per heavy atom. The molecule has 0 aliphatic heterocycles. The van der Waals surface area contributed by atoms with Gasteiger partial charge in [0.25, 0.3) is 11.8 Å². The largest absolute Gasteiger partial charge is 0.494 e. The number of hydrazine groups is 1. The van der Waals surface area contributed by atoms with Crippen LogP contribution >= 0.6 is 12.2 Å². The van der Waals surface area contributed by atoms with Gasteiger partial charge in [-0.25, -0.2) is 0 Å². The number of carbonyl (C=O) groups is 2. The Balaban J connectivity index is 1.84. The smallest absolute Gasteiger partial charge is 0.269 e. The summed E-state index contributed by atoms with van der Waals surface area (Å²) in [5, 5.41) is 2.51. The third-order valence-electron chi connectivity index (χ3n) is 4.30. The molecule has 0 aliphatic carbocycles. The Morgan fingerprint density at radius 1 is 0.875 bits per heavy atom. The zero-order valence-electron chi connectivity index (χ0n) is 18.9. The lowest BCUT2D eigenvalue weighted by Crippen LogP contribution is -2.48. The summed E-state index contributed by atoms with van der Waals surface area (Å²) in [6.07, 6.45) is 0.962. The number of para-hydroxylation sites is 1. The molecule has 3 N–H and O–H groups in total. The number of thiocarbonyl (C=S) groups is 1. The van der Waals surface area contributed by atoms with E-state index >= 15 is 0 Å². The quantitative estimate of drug-likeness (QED) is 0.388. The predicted octanol–water partition coefficient (Wildman–Crippen LogP) is 4.10. The maximum absolute atomic E-state index is 12.6. The fourth-order valence-corrected chi connectivity index (χ4v) is 2.68. The molecule has 8 heteroatoms. The Hall–Kier alpha value is -3.13. The molecule has 0 aromatic heterocycles. The molecule has 0 fully saturated rings. The van der Waals surface area contributed by atoms with E-state index in [0.29, 0.717) is 47.7 Å². The summed E-state index contributed by atoms with van der Waals surface area (Å²) in [5.74, 6) is 1.24. The van der Waals surface area contributed by atoms with Crippen LogP contribution in [0.1, 0.15) is 54.8 Å². The van der Waals surface area contributed by atoms with Gasteiger partial charge in [-0.2, -0.15) is 0 Å². The summed E-state index contributed by atoms with van der Waals surface area (Å²) in [5.41, 5.74) is 5.80. The monoisotopic (exact) mass is 457 g/mol. The lowest BCUT2D eigenvalue weighted by Gasteiger charge is -2.14. The maximum atomic E-state index is 12.6. The predicted molar refractivity (Wildman–Crippen MR) is 129 cm³/mol. The van der Waals surface area contributed by atoms with Crippen molar-refractivity contribution in [1.82, 2.24) is 16.2 Å². The molecule has 0 aliphatic rings. The number of amides is 2. The van der Waals surface area contributed by atoms with Crippen LogP contribution < -0.4 is 25.6 Å². The molecule has 0 bridgehead atoms. The van der Waals surface area contributed by atoms with Crippen LogP contribution in [-0.2, 0) is 0 Å². The van der Waals surface area contributed by atoms with Crippen molar-refractivity contribution >= 4 is 29.1 Å². The van der Waals surface area contributed by atoms with Crippen molar-refractivity contribution in [3.05, 3.63) is 59.7 Å². The normalized spacial score (nSPS) is 10.6. The second-order valence-electron chi connectivity index (χ2n) is 8.12. The van der Waals surface area contributed by atoms with Crippen LogP contribution in [-0.4, -0.2) is 30.1 Å².